The van der Waals surface area contributed by atoms with Crippen LogP contribution >= 0.6 is 23.2 Å². The first-order valence-electron chi connectivity index (χ1n) is 8.84. The van der Waals surface area contributed by atoms with Gasteiger partial charge in [-0.15, -0.1) is 0 Å². The number of ether oxygens (including phenoxy) is 1. The van der Waals surface area contributed by atoms with E-state index < -0.39 is 0 Å². The number of hydrogen-bond acceptors (Lipinski definition) is 4. The van der Waals surface area contributed by atoms with Crippen molar-refractivity contribution in [3.05, 3.63) is 52.5 Å². The topological polar surface area (TPSA) is 70.7 Å². The zero-order valence-corrected chi connectivity index (χ0v) is 17.3. The van der Waals surface area contributed by atoms with Crippen LogP contribution in [0.15, 0.2) is 42.5 Å². The highest BCUT2D eigenvalue weighted by molar-refractivity contribution is 6.39. The van der Waals surface area contributed by atoms with Crippen LogP contribution in [-0.2, 0) is 9.59 Å². The van der Waals surface area contributed by atoms with Crippen LogP contribution in [0.4, 0.5) is 11.4 Å². The average molecular weight is 424 g/mol. The fourth-order valence-corrected chi connectivity index (χ4v) is 2.93. The summed E-state index contributed by atoms with van der Waals surface area (Å²) in [6.45, 7) is 2.61. The molecule has 0 radical (unpaired) electrons. The van der Waals surface area contributed by atoms with Gasteiger partial charge in [-0.2, -0.15) is 0 Å². The third-order valence-electron chi connectivity index (χ3n) is 3.68. The molecule has 0 heterocycles. The van der Waals surface area contributed by atoms with Gasteiger partial charge >= 0.3 is 0 Å². The number of hydrogen-bond donors (Lipinski definition) is 2. The number of carbonyl (C=O) groups is 2. The molecule has 0 aliphatic carbocycles. The van der Waals surface area contributed by atoms with Gasteiger partial charge in [0.2, 0.25) is 11.8 Å². The van der Waals surface area contributed by atoms with Crippen molar-refractivity contribution in [2.24, 2.45) is 0 Å². The highest BCUT2D eigenvalue weighted by atomic mass is 35.5. The minimum atomic E-state index is -0.322. The lowest BCUT2D eigenvalue weighted by Crippen LogP contribution is -2.36. The zero-order chi connectivity index (χ0) is 20.5. The van der Waals surface area contributed by atoms with Crippen molar-refractivity contribution in [3.8, 4) is 5.75 Å². The largest absolute Gasteiger partial charge is 0.491 e. The van der Waals surface area contributed by atoms with E-state index in [1.54, 1.807) is 42.3 Å². The van der Waals surface area contributed by atoms with Crippen LogP contribution in [0.25, 0.3) is 0 Å². The predicted octanol–water partition coefficient (Wildman–Crippen LogP) is 4.29. The van der Waals surface area contributed by atoms with Crippen LogP contribution in [-0.4, -0.2) is 43.5 Å². The van der Waals surface area contributed by atoms with Crippen molar-refractivity contribution in [1.82, 2.24) is 4.90 Å². The number of rotatable bonds is 9. The van der Waals surface area contributed by atoms with Crippen LogP contribution in [0.5, 0.6) is 5.75 Å². The molecule has 2 aromatic rings. The van der Waals surface area contributed by atoms with Gasteiger partial charge in [-0.3, -0.25) is 14.5 Å². The van der Waals surface area contributed by atoms with Crippen LogP contribution in [0.2, 0.25) is 10.0 Å². The second kappa shape index (κ2) is 10.9. The molecule has 0 saturated heterocycles. The van der Waals surface area contributed by atoms with E-state index in [-0.39, 0.29) is 24.9 Å². The van der Waals surface area contributed by atoms with E-state index in [2.05, 4.69) is 10.6 Å². The fraction of sp³-hybridized carbons (Fsp3) is 0.300. The quantitative estimate of drug-likeness (QED) is 0.630. The highest BCUT2D eigenvalue weighted by Crippen LogP contribution is 2.29. The van der Waals surface area contributed by atoms with E-state index in [4.69, 9.17) is 27.9 Å². The van der Waals surface area contributed by atoms with E-state index in [0.717, 1.165) is 6.42 Å². The summed E-state index contributed by atoms with van der Waals surface area (Å²) >= 11 is 12.1. The number of para-hydroxylation sites is 3. The van der Waals surface area contributed by atoms with Crippen molar-refractivity contribution < 1.29 is 14.3 Å². The maximum absolute atomic E-state index is 12.3. The molecule has 8 heteroatoms. The number of nitrogens with zero attached hydrogens (tertiary/aromatic N) is 1. The molecule has 0 aliphatic heterocycles. The van der Waals surface area contributed by atoms with Crippen molar-refractivity contribution in [3.63, 3.8) is 0 Å². The molecule has 0 bridgehead atoms. The molecule has 0 spiro atoms. The minimum absolute atomic E-state index is 0.00293. The summed E-state index contributed by atoms with van der Waals surface area (Å²) in [5.74, 6) is 0.0436. The first-order chi connectivity index (χ1) is 13.4. The summed E-state index contributed by atoms with van der Waals surface area (Å²) in [4.78, 5) is 26.1. The molecule has 6 nitrogen and oxygen atoms in total. The summed E-state index contributed by atoms with van der Waals surface area (Å²) in [5, 5.41) is 6.18. The van der Waals surface area contributed by atoms with Crippen molar-refractivity contribution >= 4 is 46.4 Å². The summed E-state index contributed by atoms with van der Waals surface area (Å²) in [6.07, 6.45) is 0.871. The third-order valence-corrected chi connectivity index (χ3v) is 4.31. The van der Waals surface area contributed by atoms with E-state index in [9.17, 15) is 9.59 Å². The molecule has 2 rings (SSSR count). The predicted molar refractivity (Wildman–Crippen MR) is 113 cm³/mol. The van der Waals surface area contributed by atoms with E-state index >= 15 is 0 Å². The van der Waals surface area contributed by atoms with E-state index in [0.29, 0.717) is 33.8 Å². The number of amides is 2. The van der Waals surface area contributed by atoms with Gasteiger partial charge in [0, 0.05) is 0 Å². The summed E-state index contributed by atoms with van der Waals surface area (Å²) in [5.41, 5.74) is 0.956. The Morgan fingerprint density at radius 2 is 1.57 bits per heavy atom. The average Bonchev–Trinajstić information content (AvgIpc) is 2.64. The molecule has 0 atom stereocenters. The Hall–Kier alpha value is -2.28. The summed E-state index contributed by atoms with van der Waals surface area (Å²) < 4.78 is 5.63. The molecule has 0 aromatic heterocycles. The highest BCUT2D eigenvalue weighted by Gasteiger charge is 2.15. The number of halogens is 2. The van der Waals surface area contributed by atoms with Crippen LogP contribution in [0.3, 0.4) is 0 Å². The molecule has 0 fully saturated rings. The number of nitrogens with one attached hydrogen (secondary N) is 2. The Balaban J connectivity index is 1.88. The molecular formula is C20H23Cl2N3O3. The smallest absolute Gasteiger partial charge is 0.238 e. The Bertz CT molecular complexity index is 810. The molecule has 2 amide bonds. The molecular weight excluding hydrogens is 401 g/mol. The lowest BCUT2D eigenvalue weighted by molar-refractivity contribution is -0.119. The lowest BCUT2D eigenvalue weighted by atomic mass is 10.3. The number of anilines is 2. The first kappa shape index (κ1) is 22.0. The van der Waals surface area contributed by atoms with Gasteiger partial charge in [0.25, 0.3) is 0 Å². The van der Waals surface area contributed by atoms with E-state index in [1.807, 2.05) is 19.1 Å². The van der Waals surface area contributed by atoms with Gasteiger partial charge in [0.15, 0.2) is 0 Å². The van der Waals surface area contributed by atoms with Gasteiger partial charge in [-0.25, -0.2) is 0 Å². The van der Waals surface area contributed by atoms with Crippen molar-refractivity contribution in [2.75, 3.05) is 37.4 Å². The van der Waals surface area contributed by atoms with Gasteiger partial charge in [0.05, 0.1) is 41.1 Å². The minimum Gasteiger partial charge on any atom is -0.491 e. The Morgan fingerprint density at radius 1 is 0.964 bits per heavy atom. The van der Waals surface area contributed by atoms with Crippen molar-refractivity contribution in [1.29, 1.82) is 0 Å². The van der Waals surface area contributed by atoms with Gasteiger partial charge in [-0.1, -0.05) is 48.3 Å². The maximum atomic E-state index is 12.3. The molecule has 150 valence electrons. The zero-order valence-electron chi connectivity index (χ0n) is 15.8. The Morgan fingerprint density at radius 3 is 2.21 bits per heavy atom. The second-order valence-electron chi connectivity index (χ2n) is 6.21. The molecule has 2 N–H and O–H groups in total. The Kier molecular flexibility index (Phi) is 8.57. The SMILES string of the molecule is CCCOc1ccccc1NC(=O)CN(C)CC(=O)Nc1c(Cl)cccc1Cl. The maximum Gasteiger partial charge on any atom is 0.238 e. The van der Waals surface area contributed by atoms with Crippen molar-refractivity contribution in [2.45, 2.75) is 13.3 Å². The summed E-state index contributed by atoms with van der Waals surface area (Å²) in [7, 11) is 1.67. The second-order valence-corrected chi connectivity index (χ2v) is 7.02. The fourth-order valence-electron chi connectivity index (χ4n) is 2.44. The monoisotopic (exact) mass is 423 g/mol. The van der Waals surface area contributed by atoms with Gasteiger partial charge in [0.1, 0.15) is 5.75 Å². The number of benzene rings is 2. The van der Waals surface area contributed by atoms with Crippen LogP contribution in [0, 0.1) is 0 Å². The number of likely N-dealkylation sites (N-methyl/N-ethyl adjacent to an activating group) is 1. The molecule has 0 saturated carbocycles. The molecule has 0 unspecified atom stereocenters. The Labute approximate surface area is 174 Å². The van der Waals surface area contributed by atoms with Gasteiger partial charge < -0.3 is 15.4 Å². The number of carbonyl (C=O) groups excluding carboxylic acids is 2. The molecule has 0 aliphatic rings. The standard InChI is InChI=1S/C20H23Cl2N3O3/c1-3-11-28-17-10-5-4-9-16(17)23-18(26)12-25(2)13-19(27)24-20-14(21)7-6-8-15(20)22/h4-10H,3,11-13H2,1-2H3,(H,23,26)(H,24,27). The third kappa shape index (κ3) is 6.71. The molecule has 28 heavy (non-hydrogen) atoms. The molecule has 2 aromatic carbocycles. The van der Waals surface area contributed by atoms with Crippen LogP contribution in [0.1, 0.15) is 13.3 Å². The first-order valence-corrected chi connectivity index (χ1v) is 9.60. The van der Waals surface area contributed by atoms with Crippen LogP contribution < -0.4 is 15.4 Å². The van der Waals surface area contributed by atoms with E-state index in [1.165, 1.54) is 0 Å². The summed E-state index contributed by atoms with van der Waals surface area (Å²) in [6, 6.07) is 12.2. The lowest BCUT2D eigenvalue weighted by Gasteiger charge is -2.17. The van der Waals surface area contributed by atoms with Gasteiger partial charge in [-0.05, 0) is 37.7 Å². The normalized spacial score (nSPS) is 10.6.